The molecular weight excluding hydrogens is 268 g/mol. The zero-order chi connectivity index (χ0) is 14.1. The summed E-state index contributed by atoms with van der Waals surface area (Å²) in [6, 6.07) is 7.91. The molecule has 0 bridgehead atoms. The van der Waals surface area contributed by atoms with Crippen LogP contribution in [0.5, 0.6) is 0 Å². The van der Waals surface area contributed by atoms with Crippen LogP contribution in [-0.4, -0.2) is 17.4 Å². The summed E-state index contributed by atoms with van der Waals surface area (Å²) in [5, 5.41) is 3.07. The molecule has 1 saturated heterocycles. The van der Waals surface area contributed by atoms with E-state index in [-0.39, 0.29) is 11.8 Å². The highest BCUT2D eigenvalue weighted by atomic mass is 32.1. The lowest BCUT2D eigenvalue weighted by molar-refractivity contribution is -0.117. The van der Waals surface area contributed by atoms with Gasteiger partial charge in [-0.15, -0.1) is 23.7 Å². The summed E-state index contributed by atoms with van der Waals surface area (Å²) < 4.78 is 0. The molecule has 1 aromatic heterocycles. The van der Waals surface area contributed by atoms with Gasteiger partial charge in [-0.3, -0.25) is 4.79 Å². The molecule has 3 nitrogen and oxygen atoms in total. The van der Waals surface area contributed by atoms with E-state index in [0.29, 0.717) is 13.0 Å². The Kier molecular flexibility index (Phi) is 3.29. The summed E-state index contributed by atoms with van der Waals surface area (Å²) in [6.45, 7) is 2.59. The first kappa shape index (κ1) is 12.9. The fourth-order valence-electron chi connectivity index (χ4n) is 2.40. The second-order valence-electron chi connectivity index (χ2n) is 4.87. The van der Waals surface area contributed by atoms with E-state index in [9.17, 15) is 4.79 Å². The molecular formula is C16H14N2OS. The molecule has 0 spiro atoms. The van der Waals surface area contributed by atoms with Crippen LogP contribution in [0.25, 0.3) is 11.3 Å². The molecule has 0 radical (unpaired) electrons. The van der Waals surface area contributed by atoms with E-state index in [1.807, 2.05) is 36.6 Å². The maximum Gasteiger partial charge on any atom is 0.228 e. The minimum absolute atomic E-state index is 0.0210. The smallest absolute Gasteiger partial charge is 0.228 e. The van der Waals surface area contributed by atoms with Crippen LogP contribution in [0, 0.1) is 25.2 Å². The Bertz CT molecular complexity index is 698. The van der Waals surface area contributed by atoms with Crippen LogP contribution in [0.1, 0.15) is 11.4 Å². The number of benzene rings is 1. The molecule has 1 fully saturated rings. The summed E-state index contributed by atoms with van der Waals surface area (Å²) in [4.78, 5) is 18.3. The van der Waals surface area contributed by atoms with Crippen molar-refractivity contribution < 1.29 is 4.79 Å². The van der Waals surface area contributed by atoms with Crippen LogP contribution >= 0.6 is 11.3 Å². The van der Waals surface area contributed by atoms with Gasteiger partial charge in [0.05, 0.1) is 10.7 Å². The van der Waals surface area contributed by atoms with Crippen LogP contribution in [0.2, 0.25) is 0 Å². The molecule has 2 heterocycles. The van der Waals surface area contributed by atoms with Crippen LogP contribution < -0.4 is 4.90 Å². The van der Waals surface area contributed by atoms with Crippen LogP contribution in [0.4, 0.5) is 5.69 Å². The van der Waals surface area contributed by atoms with E-state index in [0.717, 1.165) is 22.0 Å². The van der Waals surface area contributed by atoms with Gasteiger partial charge in [0, 0.05) is 35.5 Å². The van der Waals surface area contributed by atoms with E-state index in [1.165, 1.54) is 0 Å². The monoisotopic (exact) mass is 282 g/mol. The van der Waals surface area contributed by atoms with E-state index >= 15 is 0 Å². The minimum atomic E-state index is 0.0210. The molecule has 1 aromatic carbocycles. The average Bonchev–Trinajstić information content (AvgIpc) is 3.05. The summed E-state index contributed by atoms with van der Waals surface area (Å²) in [7, 11) is 0. The summed E-state index contributed by atoms with van der Waals surface area (Å²) >= 11 is 1.62. The first-order chi connectivity index (χ1) is 9.67. The molecule has 1 aliphatic rings. The van der Waals surface area contributed by atoms with Gasteiger partial charge < -0.3 is 4.90 Å². The third kappa shape index (κ3) is 2.33. The van der Waals surface area contributed by atoms with E-state index < -0.39 is 0 Å². The van der Waals surface area contributed by atoms with Crippen molar-refractivity contribution >= 4 is 22.9 Å². The number of aryl methyl sites for hydroxylation is 1. The molecule has 20 heavy (non-hydrogen) atoms. The fraction of sp³-hybridized carbons (Fsp3) is 0.250. The first-order valence-corrected chi connectivity index (χ1v) is 7.34. The van der Waals surface area contributed by atoms with Crippen molar-refractivity contribution in [2.75, 3.05) is 11.4 Å². The molecule has 0 saturated carbocycles. The Hall–Kier alpha value is -2.12. The second kappa shape index (κ2) is 5.10. The second-order valence-corrected chi connectivity index (χ2v) is 5.94. The van der Waals surface area contributed by atoms with Gasteiger partial charge in [0.2, 0.25) is 5.91 Å². The number of aromatic nitrogens is 1. The molecule has 2 aromatic rings. The summed E-state index contributed by atoms with van der Waals surface area (Å²) in [5.41, 5.74) is 2.88. The predicted octanol–water partition coefficient (Wildman–Crippen LogP) is 3.10. The largest absolute Gasteiger partial charge is 0.311 e. The van der Waals surface area contributed by atoms with Gasteiger partial charge in [-0.05, 0) is 19.1 Å². The predicted molar refractivity (Wildman–Crippen MR) is 81.6 cm³/mol. The molecule has 0 N–H and O–H groups in total. The zero-order valence-corrected chi connectivity index (χ0v) is 12.0. The quantitative estimate of drug-likeness (QED) is 0.793. The van der Waals surface area contributed by atoms with Gasteiger partial charge in [0.25, 0.3) is 0 Å². The number of hydrogen-bond donors (Lipinski definition) is 0. The molecule has 4 heteroatoms. The van der Waals surface area contributed by atoms with Gasteiger partial charge in [-0.2, -0.15) is 0 Å². The number of amides is 1. The van der Waals surface area contributed by atoms with E-state index in [4.69, 9.17) is 6.42 Å². The fourth-order valence-corrected chi connectivity index (χ4v) is 3.02. The molecule has 1 unspecified atom stereocenters. The number of rotatable bonds is 2. The van der Waals surface area contributed by atoms with Gasteiger partial charge in [-0.25, -0.2) is 4.98 Å². The number of hydrogen-bond acceptors (Lipinski definition) is 3. The van der Waals surface area contributed by atoms with Crippen molar-refractivity contribution in [2.45, 2.75) is 13.3 Å². The molecule has 1 aliphatic heterocycles. The molecule has 100 valence electrons. The SMILES string of the molecule is C#CC1CC(=O)N(c2cccc(-c3csc(C)n3)c2)C1. The number of thiazole rings is 1. The lowest BCUT2D eigenvalue weighted by Crippen LogP contribution is -2.24. The Labute approximate surface area is 122 Å². The lowest BCUT2D eigenvalue weighted by atomic mass is 10.1. The maximum atomic E-state index is 12.0. The van der Waals surface area contributed by atoms with Gasteiger partial charge in [0.1, 0.15) is 0 Å². The van der Waals surface area contributed by atoms with Crippen molar-refractivity contribution in [3.63, 3.8) is 0 Å². The Morgan fingerprint density at radius 2 is 2.35 bits per heavy atom. The Morgan fingerprint density at radius 3 is 3.00 bits per heavy atom. The normalized spacial score (nSPS) is 18.3. The van der Waals surface area contributed by atoms with Crippen molar-refractivity contribution in [1.29, 1.82) is 0 Å². The lowest BCUT2D eigenvalue weighted by Gasteiger charge is -2.16. The van der Waals surface area contributed by atoms with Gasteiger partial charge >= 0.3 is 0 Å². The standard InChI is InChI=1S/C16H14N2OS/c1-3-12-7-16(19)18(9-12)14-6-4-5-13(8-14)15-10-20-11(2)17-15/h1,4-6,8,10,12H,7,9H2,2H3. The number of anilines is 1. The van der Waals surface area contributed by atoms with Crippen molar-refractivity contribution in [2.24, 2.45) is 5.92 Å². The van der Waals surface area contributed by atoms with Gasteiger partial charge in [-0.1, -0.05) is 12.1 Å². The average molecular weight is 282 g/mol. The van der Waals surface area contributed by atoms with Crippen LogP contribution in [0.3, 0.4) is 0 Å². The van der Waals surface area contributed by atoms with E-state index in [2.05, 4.69) is 10.9 Å². The Morgan fingerprint density at radius 1 is 1.50 bits per heavy atom. The molecule has 1 atom stereocenters. The van der Waals surface area contributed by atoms with E-state index in [1.54, 1.807) is 16.2 Å². The highest BCUT2D eigenvalue weighted by Crippen LogP contribution is 2.29. The first-order valence-electron chi connectivity index (χ1n) is 6.46. The van der Waals surface area contributed by atoms with Crippen LogP contribution in [-0.2, 0) is 4.79 Å². The summed E-state index contributed by atoms with van der Waals surface area (Å²) in [6.07, 6.45) is 5.86. The highest BCUT2D eigenvalue weighted by molar-refractivity contribution is 7.09. The van der Waals surface area contributed by atoms with Gasteiger partial charge in [0.15, 0.2) is 0 Å². The molecule has 3 rings (SSSR count). The number of terminal acetylenes is 1. The molecule has 1 amide bonds. The van der Waals surface area contributed by atoms with Crippen molar-refractivity contribution in [3.8, 4) is 23.6 Å². The topological polar surface area (TPSA) is 33.2 Å². The van der Waals surface area contributed by atoms with Crippen molar-refractivity contribution in [1.82, 2.24) is 4.98 Å². The maximum absolute atomic E-state index is 12.0. The zero-order valence-electron chi connectivity index (χ0n) is 11.2. The third-order valence-corrected chi connectivity index (χ3v) is 4.21. The number of nitrogens with zero attached hydrogens (tertiary/aromatic N) is 2. The van der Waals surface area contributed by atoms with Crippen LogP contribution in [0.15, 0.2) is 29.6 Å². The number of carbonyl (C=O) groups excluding carboxylic acids is 1. The Balaban J connectivity index is 1.92. The highest BCUT2D eigenvalue weighted by Gasteiger charge is 2.29. The third-order valence-electron chi connectivity index (χ3n) is 3.43. The number of carbonyl (C=O) groups is 1. The van der Waals surface area contributed by atoms with Crippen molar-refractivity contribution in [3.05, 3.63) is 34.7 Å². The molecule has 0 aliphatic carbocycles. The summed E-state index contributed by atoms with van der Waals surface area (Å²) in [5.74, 6) is 2.79. The minimum Gasteiger partial charge on any atom is -0.311 e.